The Labute approximate surface area is 143 Å². The lowest BCUT2D eigenvalue weighted by molar-refractivity contribution is 0.431. The van der Waals surface area contributed by atoms with Gasteiger partial charge in [0.1, 0.15) is 5.82 Å². The van der Waals surface area contributed by atoms with Crippen molar-refractivity contribution < 1.29 is 8.91 Å². The first kappa shape index (κ1) is 15.1. The topological polar surface area (TPSA) is 129 Å². The molecular weight excluding hydrogens is 347 g/mol. The van der Waals surface area contributed by atoms with Crippen LogP contribution in [0.2, 0.25) is 0 Å². The largest absolute Gasteiger partial charge is 0.368 e. The summed E-state index contributed by atoms with van der Waals surface area (Å²) in [6.07, 6.45) is 1.63. The molecule has 0 atom stereocenters. The zero-order valence-electron chi connectivity index (χ0n) is 12.4. The fourth-order valence-corrected chi connectivity index (χ4v) is 2.50. The molecule has 4 rings (SSSR count). The fourth-order valence-electron chi connectivity index (χ4n) is 1.94. The highest BCUT2D eigenvalue weighted by Crippen LogP contribution is 2.23. The van der Waals surface area contributed by atoms with Crippen molar-refractivity contribution in [3.63, 3.8) is 0 Å². The highest BCUT2D eigenvalue weighted by Gasteiger charge is 2.16. The lowest BCUT2D eigenvalue weighted by atomic mass is 10.3. The van der Waals surface area contributed by atoms with Gasteiger partial charge in [-0.1, -0.05) is 5.16 Å². The SMILES string of the molecule is Nc1nc(Nc2ccc(F)cc2)nc(-c2noc(-c3nccs3)n2)n1. The summed E-state index contributed by atoms with van der Waals surface area (Å²) in [6.45, 7) is 0. The highest BCUT2D eigenvalue weighted by atomic mass is 32.1. The van der Waals surface area contributed by atoms with Gasteiger partial charge in [-0.15, -0.1) is 11.3 Å². The number of hydrogen-bond acceptors (Lipinski definition) is 10. The standard InChI is InChI=1S/C14H9FN8OS/c15-7-1-3-8(4-2-7)18-14-21-9(20-13(16)22-14)10-19-11(24-23-10)12-17-5-6-25-12/h1-6H,(H3,16,18,20,21,22). The second-order valence-electron chi connectivity index (χ2n) is 4.73. The van der Waals surface area contributed by atoms with Gasteiger partial charge in [0.25, 0.3) is 5.89 Å². The number of halogens is 1. The summed E-state index contributed by atoms with van der Waals surface area (Å²) in [7, 11) is 0. The Morgan fingerprint density at radius 1 is 1.04 bits per heavy atom. The maximum atomic E-state index is 13.0. The predicted octanol–water partition coefficient (Wildman–Crippen LogP) is 2.51. The first-order chi connectivity index (χ1) is 12.2. The van der Waals surface area contributed by atoms with Crippen LogP contribution in [0.3, 0.4) is 0 Å². The molecule has 0 radical (unpaired) electrons. The number of benzene rings is 1. The number of nitrogen functional groups attached to an aromatic ring is 1. The van der Waals surface area contributed by atoms with Crippen LogP contribution in [0.5, 0.6) is 0 Å². The average molecular weight is 356 g/mol. The summed E-state index contributed by atoms with van der Waals surface area (Å²) in [5.74, 6) is 0.370. The third-order valence-electron chi connectivity index (χ3n) is 2.99. The van der Waals surface area contributed by atoms with Crippen LogP contribution in [-0.4, -0.2) is 30.1 Å². The van der Waals surface area contributed by atoms with E-state index in [2.05, 4.69) is 35.4 Å². The molecule has 11 heteroatoms. The van der Waals surface area contributed by atoms with Crippen molar-refractivity contribution in [2.45, 2.75) is 0 Å². The lowest BCUT2D eigenvalue weighted by Gasteiger charge is -2.05. The van der Waals surface area contributed by atoms with E-state index in [1.54, 1.807) is 23.7 Å². The van der Waals surface area contributed by atoms with E-state index < -0.39 is 0 Å². The Balaban J connectivity index is 1.64. The molecule has 25 heavy (non-hydrogen) atoms. The van der Waals surface area contributed by atoms with E-state index in [4.69, 9.17) is 10.3 Å². The van der Waals surface area contributed by atoms with Crippen LogP contribution in [0.15, 0.2) is 40.4 Å². The summed E-state index contributed by atoms with van der Waals surface area (Å²) in [5, 5.41) is 9.13. The van der Waals surface area contributed by atoms with E-state index in [-0.39, 0.29) is 35.3 Å². The third kappa shape index (κ3) is 3.26. The Morgan fingerprint density at radius 3 is 2.64 bits per heavy atom. The monoisotopic (exact) mass is 356 g/mol. The van der Waals surface area contributed by atoms with Gasteiger partial charge < -0.3 is 15.6 Å². The molecule has 124 valence electrons. The van der Waals surface area contributed by atoms with Crippen molar-refractivity contribution in [1.29, 1.82) is 0 Å². The molecule has 0 amide bonds. The van der Waals surface area contributed by atoms with E-state index in [1.165, 1.54) is 23.5 Å². The van der Waals surface area contributed by atoms with E-state index in [0.29, 0.717) is 10.7 Å². The van der Waals surface area contributed by atoms with Crippen LogP contribution in [0.4, 0.5) is 22.0 Å². The van der Waals surface area contributed by atoms with Gasteiger partial charge in [0.15, 0.2) is 5.01 Å². The first-order valence-electron chi connectivity index (χ1n) is 6.95. The number of aromatic nitrogens is 6. The molecule has 3 N–H and O–H groups in total. The molecule has 0 bridgehead atoms. The predicted molar refractivity (Wildman–Crippen MR) is 88.3 cm³/mol. The summed E-state index contributed by atoms with van der Waals surface area (Å²) in [6, 6.07) is 5.72. The first-order valence-corrected chi connectivity index (χ1v) is 7.83. The summed E-state index contributed by atoms with van der Waals surface area (Å²) < 4.78 is 18.1. The van der Waals surface area contributed by atoms with Crippen LogP contribution in [-0.2, 0) is 0 Å². The van der Waals surface area contributed by atoms with Crippen LogP contribution < -0.4 is 11.1 Å². The molecule has 0 aliphatic carbocycles. The smallest absolute Gasteiger partial charge is 0.287 e. The Bertz CT molecular complexity index is 1000. The summed E-state index contributed by atoms with van der Waals surface area (Å²) in [5.41, 5.74) is 6.31. The molecular formula is C14H9FN8OS. The number of thiazole rings is 1. The highest BCUT2D eigenvalue weighted by molar-refractivity contribution is 7.12. The Kier molecular flexibility index (Phi) is 3.74. The van der Waals surface area contributed by atoms with Crippen LogP contribution >= 0.6 is 11.3 Å². The van der Waals surface area contributed by atoms with Gasteiger partial charge in [0, 0.05) is 17.3 Å². The molecule has 0 fully saturated rings. The minimum Gasteiger partial charge on any atom is -0.368 e. The lowest BCUT2D eigenvalue weighted by Crippen LogP contribution is -2.05. The van der Waals surface area contributed by atoms with Crippen molar-refractivity contribution in [3.8, 4) is 22.5 Å². The molecule has 3 heterocycles. The third-order valence-corrected chi connectivity index (χ3v) is 3.76. The Hall–Kier alpha value is -3.47. The summed E-state index contributed by atoms with van der Waals surface area (Å²) >= 11 is 1.37. The van der Waals surface area contributed by atoms with Crippen LogP contribution in [0.1, 0.15) is 0 Å². The summed E-state index contributed by atoms with van der Waals surface area (Å²) in [4.78, 5) is 20.5. The molecule has 0 unspecified atom stereocenters. The number of rotatable bonds is 4. The van der Waals surface area contributed by atoms with Gasteiger partial charge in [-0.2, -0.15) is 19.9 Å². The molecule has 0 spiro atoms. The molecule has 3 aromatic heterocycles. The quantitative estimate of drug-likeness (QED) is 0.566. The normalized spacial score (nSPS) is 10.8. The van der Waals surface area contributed by atoms with Gasteiger partial charge in [-0.3, -0.25) is 0 Å². The van der Waals surface area contributed by atoms with Gasteiger partial charge in [-0.25, -0.2) is 9.37 Å². The fraction of sp³-hybridized carbons (Fsp3) is 0. The van der Waals surface area contributed by atoms with E-state index in [0.717, 1.165) is 0 Å². The van der Waals surface area contributed by atoms with E-state index in [9.17, 15) is 4.39 Å². The number of nitrogens with one attached hydrogen (secondary N) is 1. The zero-order valence-corrected chi connectivity index (χ0v) is 13.2. The number of nitrogens with two attached hydrogens (primary N) is 1. The van der Waals surface area contributed by atoms with Crippen molar-refractivity contribution in [2.24, 2.45) is 0 Å². The number of hydrogen-bond donors (Lipinski definition) is 2. The van der Waals surface area contributed by atoms with Gasteiger partial charge in [0.2, 0.25) is 23.5 Å². The molecule has 0 saturated heterocycles. The minimum atomic E-state index is -0.345. The molecule has 9 nitrogen and oxygen atoms in total. The zero-order chi connectivity index (χ0) is 17.2. The molecule has 0 aliphatic heterocycles. The molecule has 1 aromatic carbocycles. The van der Waals surface area contributed by atoms with E-state index >= 15 is 0 Å². The second kappa shape index (κ2) is 6.20. The van der Waals surface area contributed by atoms with Crippen molar-refractivity contribution in [2.75, 3.05) is 11.1 Å². The molecule has 4 aromatic rings. The number of nitrogens with zero attached hydrogens (tertiary/aromatic N) is 6. The molecule has 0 saturated carbocycles. The van der Waals surface area contributed by atoms with Crippen LogP contribution in [0.25, 0.3) is 22.5 Å². The van der Waals surface area contributed by atoms with Crippen molar-refractivity contribution in [1.82, 2.24) is 30.1 Å². The maximum Gasteiger partial charge on any atom is 0.287 e. The van der Waals surface area contributed by atoms with Gasteiger partial charge in [0.05, 0.1) is 0 Å². The van der Waals surface area contributed by atoms with Gasteiger partial charge >= 0.3 is 0 Å². The average Bonchev–Trinajstić information content (AvgIpc) is 3.27. The van der Waals surface area contributed by atoms with Gasteiger partial charge in [-0.05, 0) is 24.3 Å². The van der Waals surface area contributed by atoms with Crippen molar-refractivity contribution >= 4 is 28.9 Å². The van der Waals surface area contributed by atoms with Crippen molar-refractivity contribution in [3.05, 3.63) is 41.7 Å². The van der Waals surface area contributed by atoms with Crippen LogP contribution in [0, 0.1) is 5.82 Å². The minimum absolute atomic E-state index is 0.0183. The van der Waals surface area contributed by atoms with E-state index in [1.807, 2.05) is 0 Å². The Morgan fingerprint density at radius 2 is 1.88 bits per heavy atom. The second-order valence-corrected chi connectivity index (χ2v) is 5.63. The molecule has 0 aliphatic rings. The maximum absolute atomic E-state index is 13.0. The number of anilines is 3.